The van der Waals surface area contributed by atoms with Gasteiger partial charge in [-0.3, -0.25) is 0 Å². The van der Waals surface area contributed by atoms with Gasteiger partial charge in [0.2, 0.25) is 0 Å². The minimum absolute atomic E-state index is 0.659. The third-order valence-corrected chi connectivity index (χ3v) is 3.48. The van der Waals surface area contributed by atoms with Crippen LogP contribution in [-0.2, 0) is 4.74 Å². The highest BCUT2D eigenvalue weighted by Gasteiger charge is 2.09. The number of hydrogen-bond donors (Lipinski definition) is 0. The molecule has 90 valence electrons. The summed E-state index contributed by atoms with van der Waals surface area (Å²) in [6.07, 6.45) is 5.80. The smallest absolute Gasteiger partial charge is 0.159 e. The Morgan fingerprint density at radius 3 is 2.61 bits per heavy atom. The van der Waals surface area contributed by atoms with Crippen molar-refractivity contribution in [3.63, 3.8) is 0 Å². The Morgan fingerprint density at radius 2 is 1.94 bits per heavy atom. The van der Waals surface area contributed by atoms with Gasteiger partial charge in [-0.1, -0.05) is 18.2 Å². The number of nitrogens with zero attached hydrogens (tertiary/aromatic N) is 2. The second-order valence-corrected chi connectivity index (χ2v) is 5.30. The number of benzene rings is 1. The number of rotatable bonds is 2. The molecule has 0 saturated heterocycles. The van der Waals surface area contributed by atoms with Crippen LogP contribution >= 0.6 is 22.6 Å². The van der Waals surface area contributed by atoms with Gasteiger partial charge in [0.1, 0.15) is 0 Å². The van der Waals surface area contributed by atoms with E-state index in [0.717, 1.165) is 17.0 Å². The Labute approximate surface area is 119 Å². The van der Waals surface area contributed by atoms with Crippen molar-refractivity contribution < 1.29 is 4.74 Å². The summed E-state index contributed by atoms with van der Waals surface area (Å²) in [5.74, 6) is 0.761. The van der Waals surface area contributed by atoms with Crippen molar-refractivity contribution in [3.05, 3.63) is 51.9 Å². The lowest BCUT2D eigenvalue weighted by Crippen LogP contribution is -1.94. The molecule has 1 aromatic heterocycles. The van der Waals surface area contributed by atoms with Crippen LogP contribution in [0.1, 0.15) is 5.56 Å². The maximum Gasteiger partial charge on any atom is 0.159 e. The van der Waals surface area contributed by atoms with E-state index in [1.54, 1.807) is 0 Å². The summed E-state index contributed by atoms with van der Waals surface area (Å²) in [6.45, 7) is 1.35. The molecule has 0 bridgehead atoms. The fraction of sp³-hybridized carbons (Fsp3) is 0.143. The van der Waals surface area contributed by atoms with Crippen molar-refractivity contribution >= 4 is 28.2 Å². The zero-order valence-electron chi connectivity index (χ0n) is 9.64. The van der Waals surface area contributed by atoms with Crippen LogP contribution < -0.4 is 0 Å². The fourth-order valence-electron chi connectivity index (χ4n) is 1.86. The molecule has 2 heterocycles. The molecule has 3 nitrogen and oxygen atoms in total. The van der Waals surface area contributed by atoms with E-state index in [1.165, 1.54) is 9.14 Å². The first-order valence-electron chi connectivity index (χ1n) is 5.68. The van der Waals surface area contributed by atoms with Crippen LogP contribution in [0.3, 0.4) is 0 Å². The van der Waals surface area contributed by atoms with E-state index in [0.29, 0.717) is 13.2 Å². The Bertz CT molecular complexity index is 593. The van der Waals surface area contributed by atoms with Crippen LogP contribution in [0, 0.1) is 3.57 Å². The van der Waals surface area contributed by atoms with Gasteiger partial charge in [-0.05, 0) is 40.3 Å². The van der Waals surface area contributed by atoms with Gasteiger partial charge in [0.15, 0.2) is 5.82 Å². The number of halogens is 1. The van der Waals surface area contributed by atoms with Crippen LogP contribution in [0.4, 0.5) is 0 Å². The van der Waals surface area contributed by atoms with Gasteiger partial charge in [-0.25, -0.2) is 9.97 Å². The summed E-state index contributed by atoms with van der Waals surface area (Å²) in [5.41, 5.74) is 3.26. The summed E-state index contributed by atoms with van der Waals surface area (Å²) in [7, 11) is 0. The summed E-state index contributed by atoms with van der Waals surface area (Å²) >= 11 is 2.29. The lowest BCUT2D eigenvalue weighted by molar-refractivity contribution is 0.216. The topological polar surface area (TPSA) is 35.0 Å². The molecular weight excluding hydrogens is 339 g/mol. The van der Waals surface area contributed by atoms with E-state index >= 15 is 0 Å². The van der Waals surface area contributed by atoms with E-state index in [4.69, 9.17) is 4.74 Å². The van der Waals surface area contributed by atoms with Gasteiger partial charge < -0.3 is 4.74 Å². The van der Waals surface area contributed by atoms with Gasteiger partial charge in [-0.2, -0.15) is 0 Å². The molecule has 1 aliphatic rings. The highest BCUT2D eigenvalue weighted by molar-refractivity contribution is 14.1. The maximum atomic E-state index is 5.29. The molecule has 1 aromatic carbocycles. The first kappa shape index (κ1) is 11.8. The Morgan fingerprint density at radius 1 is 1.11 bits per heavy atom. The van der Waals surface area contributed by atoms with Gasteiger partial charge in [0.25, 0.3) is 0 Å². The van der Waals surface area contributed by atoms with Crippen molar-refractivity contribution in [2.24, 2.45) is 0 Å². The number of hydrogen-bond acceptors (Lipinski definition) is 3. The van der Waals surface area contributed by atoms with Crippen molar-refractivity contribution in [2.45, 2.75) is 0 Å². The summed E-state index contributed by atoms with van der Waals surface area (Å²) < 4.78 is 6.48. The maximum absolute atomic E-state index is 5.29. The zero-order valence-corrected chi connectivity index (χ0v) is 11.8. The van der Waals surface area contributed by atoms with Crippen LogP contribution in [0.15, 0.2) is 42.7 Å². The zero-order chi connectivity index (χ0) is 12.4. The Balaban J connectivity index is 1.91. The molecule has 0 atom stereocenters. The Kier molecular flexibility index (Phi) is 3.38. The fourth-order valence-corrected chi connectivity index (χ4v) is 2.40. The first-order valence-corrected chi connectivity index (χ1v) is 6.76. The molecule has 1 aliphatic heterocycles. The number of ether oxygens (including phenoxy) is 1. The predicted octanol–water partition coefficient (Wildman–Crippen LogP) is 3.16. The normalized spacial score (nSPS) is 14.6. The Hall–Kier alpha value is -1.27. The molecule has 0 unspecified atom stereocenters. The molecule has 0 N–H and O–H groups in total. The van der Waals surface area contributed by atoms with Crippen molar-refractivity contribution in [1.29, 1.82) is 0 Å². The van der Waals surface area contributed by atoms with E-state index < -0.39 is 0 Å². The van der Waals surface area contributed by atoms with Gasteiger partial charge in [-0.15, -0.1) is 0 Å². The summed E-state index contributed by atoms with van der Waals surface area (Å²) in [4.78, 5) is 8.85. The van der Waals surface area contributed by atoms with Gasteiger partial charge in [0.05, 0.1) is 13.2 Å². The van der Waals surface area contributed by atoms with Crippen molar-refractivity contribution in [1.82, 2.24) is 9.97 Å². The quantitative estimate of drug-likeness (QED) is 0.781. The third kappa shape index (κ3) is 2.44. The molecule has 0 aliphatic carbocycles. The molecule has 4 heteroatoms. The van der Waals surface area contributed by atoms with Crippen LogP contribution in [0.25, 0.3) is 17.0 Å². The van der Waals surface area contributed by atoms with E-state index in [1.807, 2.05) is 24.5 Å². The molecular formula is C14H11IN2O. The highest BCUT2D eigenvalue weighted by Crippen LogP contribution is 2.21. The summed E-state index contributed by atoms with van der Waals surface area (Å²) in [5, 5.41) is 0. The second-order valence-electron chi connectivity index (χ2n) is 4.05. The standard InChI is InChI=1S/C14H11IN2O/c15-13-3-1-2-10(6-13)14-16-7-12(8-17-14)11-4-5-18-9-11/h1-4,6-8H,5,9H2. The second kappa shape index (κ2) is 5.16. The third-order valence-electron chi connectivity index (χ3n) is 2.81. The molecule has 3 rings (SSSR count). The highest BCUT2D eigenvalue weighted by atomic mass is 127. The van der Waals surface area contributed by atoms with Crippen LogP contribution in [-0.4, -0.2) is 23.2 Å². The molecule has 18 heavy (non-hydrogen) atoms. The molecule has 0 fully saturated rings. The lowest BCUT2D eigenvalue weighted by Gasteiger charge is -2.03. The first-order chi connectivity index (χ1) is 8.83. The van der Waals surface area contributed by atoms with E-state index in [2.05, 4.69) is 50.8 Å². The summed E-state index contributed by atoms with van der Waals surface area (Å²) in [6, 6.07) is 8.17. The van der Waals surface area contributed by atoms with E-state index in [9.17, 15) is 0 Å². The minimum atomic E-state index is 0.659. The van der Waals surface area contributed by atoms with Crippen LogP contribution in [0.5, 0.6) is 0 Å². The minimum Gasteiger partial charge on any atom is -0.373 e. The van der Waals surface area contributed by atoms with Gasteiger partial charge in [0, 0.05) is 27.1 Å². The average Bonchev–Trinajstić information content (AvgIpc) is 2.93. The average molecular weight is 350 g/mol. The van der Waals surface area contributed by atoms with E-state index in [-0.39, 0.29) is 0 Å². The largest absolute Gasteiger partial charge is 0.373 e. The monoisotopic (exact) mass is 350 g/mol. The van der Waals surface area contributed by atoms with Gasteiger partial charge >= 0.3 is 0 Å². The molecule has 2 aromatic rings. The molecule has 0 radical (unpaired) electrons. The molecule has 0 amide bonds. The van der Waals surface area contributed by atoms with Crippen molar-refractivity contribution in [2.75, 3.05) is 13.2 Å². The lowest BCUT2D eigenvalue weighted by atomic mass is 10.1. The SMILES string of the molecule is Ic1cccc(-c2ncc(C3=CCOC3)cn2)c1. The molecule has 0 spiro atoms. The molecule has 0 saturated carbocycles. The van der Waals surface area contributed by atoms with Crippen LogP contribution in [0.2, 0.25) is 0 Å². The van der Waals surface area contributed by atoms with Crippen molar-refractivity contribution in [3.8, 4) is 11.4 Å². The number of aromatic nitrogens is 2. The predicted molar refractivity (Wildman–Crippen MR) is 79.0 cm³/mol.